The first kappa shape index (κ1) is 30.0. The molecule has 4 aliphatic carbocycles. The molecule has 10 rings (SSSR count). The summed E-state index contributed by atoms with van der Waals surface area (Å²) in [7, 11) is 1.38. The molecule has 0 atom stereocenters. The third-order valence-electron chi connectivity index (χ3n) is 10.9. The topological polar surface area (TPSA) is 128 Å². The van der Waals surface area contributed by atoms with Gasteiger partial charge in [0.05, 0.1) is 35.3 Å². The van der Waals surface area contributed by atoms with Crippen LogP contribution in [0.5, 0.6) is 0 Å². The summed E-state index contributed by atoms with van der Waals surface area (Å²) in [6.45, 7) is 3.02. The summed E-state index contributed by atoms with van der Waals surface area (Å²) >= 11 is 1.41. The number of anilines is 3. The van der Waals surface area contributed by atoms with Gasteiger partial charge in [-0.05, 0) is 98.9 Å². The first-order chi connectivity index (χ1) is 23.9. The van der Waals surface area contributed by atoms with Crippen molar-refractivity contribution in [2.45, 2.75) is 52.0 Å². The Bertz CT molecular complexity index is 2200. The van der Waals surface area contributed by atoms with E-state index in [1.54, 1.807) is 28.9 Å². The highest BCUT2D eigenvalue weighted by atomic mass is 32.1. The van der Waals surface area contributed by atoms with Gasteiger partial charge in [0.1, 0.15) is 17.2 Å². The number of nitrogens with zero attached hydrogens (tertiary/aromatic N) is 6. The Kier molecular flexibility index (Phi) is 7.04. The number of para-hydroxylation sites is 1. The molecule has 0 radical (unpaired) electrons. The van der Waals surface area contributed by atoms with Crippen LogP contribution in [0.1, 0.15) is 64.9 Å². The Hall–Kier alpha value is -5.10. The summed E-state index contributed by atoms with van der Waals surface area (Å²) in [6.07, 6.45) is 15.1. The molecule has 49 heavy (non-hydrogen) atoms. The van der Waals surface area contributed by atoms with Crippen LogP contribution in [0.2, 0.25) is 0 Å². The van der Waals surface area contributed by atoms with Gasteiger partial charge in [0, 0.05) is 35.8 Å². The largest absolute Gasteiger partial charge is 0.465 e. The summed E-state index contributed by atoms with van der Waals surface area (Å²) < 4.78 is 10.2. The number of thiazole rings is 1. The maximum absolute atomic E-state index is 13.4. The van der Waals surface area contributed by atoms with Crippen LogP contribution in [-0.2, 0) is 11.3 Å². The molecule has 248 valence electrons. The van der Waals surface area contributed by atoms with Gasteiger partial charge in [-0.25, -0.2) is 19.7 Å². The number of hydrogen-bond acceptors (Lipinski definition) is 9. The summed E-state index contributed by atoms with van der Waals surface area (Å²) in [5.74, 6) is 2.65. The fraction of sp³-hybridized carbons (Fsp3) is 0.351. The zero-order valence-electron chi connectivity index (χ0n) is 27.3. The minimum Gasteiger partial charge on any atom is -0.465 e. The first-order valence-corrected chi connectivity index (χ1v) is 17.7. The minimum absolute atomic E-state index is 0.331. The Balaban J connectivity index is 1.02. The van der Waals surface area contributed by atoms with Gasteiger partial charge in [0.15, 0.2) is 10.8 Å². The molecular formula is C37H36N8O3S. The molecule has 4 saturated carbocycles. The van der Waals surface area contributed by atoms with Gasteiger partial charge in [-0.1, -0.05) is 23.5 Å². The Morgan fingerprint density at radius 2 is 1.76 bits per heavy atom. The van der Waals surface area contributed by atoms with Crippen molar-refractivity contribution < 1.29 is 14.3 Å². The average Bonchev–Trinajstić information content (AvgIpc) is 3.80. The molecule has 2 N–H and O–H groups in total. The van der Waals surface area contributed by atoms with Crippen molar-refractivity contribution in [2.24, 2.45) is 23.2 Å². The number of amides is 1. The number of esters is 1. The lowest BCUT2D eigenvalue weighted by molar-refractivity contribution is -0.0638. The molecular weight excluding hydrogens is 637 g/mol. The smallest absolute Gasteiger partial charge is 0.342 e. The highest BCUT2D eigenvalue weighted by Gasteiger charge is 2.51. The van der Waals surface area contributed by atoms with Crippen LogP contribution in [0, 0.1) is 30.1 Å². The van der Waals surface area contributed by atoms with Crippen molar-refractivity contribution in [3.8, 4) is 11.1 Å². The van der Waals surface area contributed by atoms with Crippen LogP contribution >= 0.6 is 11.3 Å². The molecule has 1 amide bonds. The predicted octanol–water partition coefficient (Wildman–Crippen LogP) is 7.51. The van der Waals surface area contributed by atoms with Crippen LogP contribution in [0.4, 0.5) is 16.8 Å². The molecule has 4 fully saturated rings. The highest BCUT2D eigenvalue weighted by molar-refractivity contribution is 7.22. The quantitative estimate of drug-likeness (QED) is 0.159. The molecule has 0 unspecified atom stereocenters. The monoisotopic (exact) mass is 672 g/mol. The Morgan fingerprint density at radius 3 is 2.51 bits per heavy atom. The number of hydrogen-bond donors (Lipinski definition) is 2. The van der Waals surface area contributed by atoms with Gasteiger partial charge < -0.3 is 10.1 Å². The predicted molar refractivity (Wildman–Crippen MR) is 188 cm³/mol. The van der Waals surface area contributed by atoms with Gasteiger partial charge in [-0.3, -0.25) is 19.2 Å². The van der Waals surface area contributed by atoms with E-state index in [-0.39, 0.29) is 5.91 Å². The fourth-order valence-electron chi connectivity index (χ4n) is 9.24. The zero-order valence-corrected chi connectivity index (χ0v) is 28.2. The Labute approximate surface area is 286 Å². The number of fused-ring (bicyclic) bond motifs is 2. The van der Waals surface area contributed by atoms with Crippen molar-refractivity contribution in [2.75, 3.05) is 17.7 Å². The molecule has 4 aliphatic rings. The maximum atomic E-state index is 13.4. The van der Waals surface area contributed by atoms with Gasteiger partial charge >= 0.3 is 5.97 Å². The second kappa shape index (κ2) is 11.5. The summed E-state index contributed by atoms with van der Waals surface area (Å²) in [5, 5.41) is 11.6. The van der Waals surface area contributed by atoms with Crippen LogP contribution in [-0.4, -0.2) is 48.1 Å². The molecule has 12 heteroatoms. The Morgan fingerprint density at radius 1 is 0.980 bits per heavy atom. The number of methoxy groups -OCH3 is 1. The lowest BCUT2D eigenvalue weighted by Gasteiger charge is -2.56. The normalized spacial score (nSPS) is 22.5. The SMILES string of the molecule is COC(=O)c1c(-c2cnn(CC34CC5CC(CC(C5)C3)C4)c2C)ccn2c(Nc3ncccc3C(=O)Nc3nc4ccccc4s3)cnc12. The van der Waals surface area contributed by atoms with Gasteiger partial charge in [0.2, 0.25) is 0 Å². The zero-order chi connectivity index (χ0) is 33.3. The third-order valence-corrected chi connectivity index (χ3v) is 11.9. The van der Waals surface area contributed by atoms with E-state index in [4.69, 9.17) is 9.84 Å². The summed E-state index contributed by atoms with van der Waals surface area (Å²) in [6, 6.07) is 13.0. The van der Waals surface area contributed by atoms with Crippen molar-refractivity contribution in [3.05, 3.63) is 84.1 Å². The summed E-state index contributed by atoms with van der Waals surface area (Å²) in [5.41, 5.74) is 4.92. The molecule has 1 aromatic carbocycles. The summed E-state index contributed by atoms with van der Waals surface area (Å²) in [4.78, 5) is 40.4. The van der Waals surface area contributed by atoms with E-state index >= 15 is 0 Å². The number of pyridine rings is 2. The average molecular weight is 673 g/mol. The number of imidazole rings is 1. The van der Waals surface area contributed by atoms with Crippen molar-refractivity contribution in [1.29, 1.82) is 0 Å². The van der Waals surface area contributed by atoms with E-state index in [1.165, 1.54) is 57.0 Å². The number of benzene rings is 1. The van der Waals surface area contributed by atoms with E-state index in [2.05, 4.69) is 37.2 Å². The maximum Gasteiger partial charge on any atom is 0.342 e. The van der Waals surface area contributed by atoms with Crippen molar-refractivity contribution in [1.82, 2.24) is 29.1 Å². The lowest BCUT2D eigenvalue weighted by Crippen LogP contribution is -2.48. The number of ether oxygens (including phenoxy) is 1. The van der Waals surface area contributed by atoms with E-state index in [1.807, 2.05) is 42.7 Å². The van der Waals surface area contributed by atoms with Crippen LogP contribution in [0.3, 0.4) is 0 Å². The third kappa shape index (κ3) is 5.16. The number of aromatic nitrogens is 6. The molecule has 4 bridgehead atoms. The first-order valence-electron chi connectivity index (χ1n) is 16.9. The minimum atomic E-state index is -0.486. The lowest BCUT2D eigenvalue weighted by atomic mass is 9.49. The molecule has 11 nitrogen and oxygen atoms in total. The van der Waals surface area contributed by atoms with Crippen molar-refractivity contribution >= 4 is 55.8 Å². The van der Waals surface area contributed by atoms with Gasteiger partial charge in [-0.2, -0.15) is 5.10 Å². The van der Waals surface area contributed by atoms with Gasteiger partial charge in [0.25, 0.3) is 5.91 Å². The number of carbonyl (C=O) groups excluding carboxylic acids is 2. The van der Waals surface area contributed by atoms with Crippen LogP contribution in [0.15, 0.2) is 67.3 Å². The second-order valence-electron chi connectivity index (χ2n) is 14.1. The van der Waals surface area contributed by atoms with Gasteiger partial charge in [-0.15, -0.1) is 0 Å². The van der Waals surface area contributed by atoms with E-state index < -0.39 is 5.97 Å². The molecule has 6 aromatic rings. The molecule has 5 heterocycles. The number of rotatable bonds is 8. The van der Waals surface area contributed by atoms with E-state index in [9.17, 15) is 9.59 Å². The fourth-order valence-corrected chi connectivity index (χ4v) is 10.1. The molecule has 0 spiro atoms. The standard InChI is InChI=1S/C37H36N8O3S/c1-21-27(18-40-45(21)20-37-15-22-12-23(16-37)14-24(13-22)17-37)25-9-11-44-30(19-39-33(44)31(25)35(47)48-2)42-32-26(6-5-10-38-32)34(46)43-36-41-28-7-3-4-8-29(28)49-36/h3-11,18-19,22-24H,12-17,20H2,1-2H3,(H,38,42)(H,41,43,46). The molecule has 0 aliphatic heterocycles. The molecule has 5 aromatic heterocycles. The number of carbonyl (C=O) groups is 2. The molecule has 0 saturated heterocycles. The van der Waals surface area contributed by atoms with Crippen LogP contribution in [0.25, 0.3) is 27.0 Å². The van der Waals surface area contributed by atoms with Crippen LogP contribution < -0.4 is 10.6 Å². The van der Waals surface area contributed by atoms with E-state index in [0.717, 1.165) is 51.3 Å². The van der Waals surface area contributed by atoms with Crippen molar-refractivity contribution in [3.63, 3.8) is 0 Å². The number of nitrogens with one attached hydrogen (secondary N) is 2. The second-order valence-corrected chi connectivity index (χ2v) is 15.1. The van der Waals surface area contributed by atoms with E-state index in [0.29, 0.717) is 39.0 Å². The highest BCUT2D eigenvalue weighted by Crippen LogP contribution is 2.60.